The fraction of sp³-hybridized carbons (Fsp3) is 0.389. The third-order valence-electron chi connectivity index (χ3n) is 4.67. The molecule has 6 nitrogen and oxygen atoms in total. The van der Waals surface area contributed by atoms with E-state index in [-0.39, 0.29) is 11.9 Å². The van der Waals surface area contributed by atoms with Gasteiger partial charge < -0.3 is 10.4 Å². The van der Waals surface area contributed by atoms with Crippen LogP contribution in [0.4, 0.5) is 0 Å². The lowest BCUT2D eigenvalue weighted by Crippen LogP contribution is -2.40. The molecule has 0 saturated heterocycles. The highest BCUT2D eigenvalue weighted by Gasteiger charge is 2.34. The minimum atomic E-state index is -0.839. The van der Waals surface area contributed by atoms with Crippen molar-refractivity contribution < 1.29 is 14.7 Å². The lowest BCUT2D eigenvalue weighted by Gasteiger charge is -2.17. The van der Waals surface area contributed by atoms with Crippen molar-refractivity contribution in [3.05, 3.63) is 53.3 Å². The minimum absolute atomic E-state index is 0.245. The first-order valence-electron chi connectivity index (χ1n) is 8.16. The van der Waals surface area contributed by atoms with Gasteiger partial charge in [0.15, 0.2) is 0 Å². The molecule has 2 N–H and O–H groups in total. The summed E-state index contributed by atoms with van der Waals surface area (Å²) in [5.74, 6) is -1.58. The molecule has 1 aliphatic carbocycles. The number of nitrogens with one attached hydrogen (secondary N) is 1. The predicted molar refractivity (Wildman–Crippen MR) is 88.7 cm³/mol. The van der Waals surface area contributed by atoms with Crippen molar-refractivity contribution in [3.8, 4) is 0 Å². The molecule has 3 rings (SSSR count). The number of carboxylic acid groups (broad SMARTS) is 1. The summed E-state index contributed by atoms with van der Waals surface area (Å²) in [7, 11) is 0. The Bertz CT molecular complexity index is 739. The normalized spacial score (nSPS) is 20.0. The maximum atomic E-state index is 12.5. The summed E-state index contributed by atoms with van der Waals surface area (Å²) in [6.07, 6.45) is 3.71. The Balaban J connectivity index is 1.71. The lowest BCUT2D eigenvalue weighted by molar-refractivity contribution is -0.142. The molecule has 1 amide bonds. The van der Waals surface area contributed by atoms with Gasteiger partial charge in [0.05, 0.1) is 24.2 Å². The average molecular weight is 327 g/mol. The summed E-state index contributed by atoms with van der Waals surface area (Å²) in [4.78, 5) is 23.7. The van der Waals surface area contributed by atoms with Crippen LogP contribution in [0.1, 0.15) is 40.9 Å². The Labute approximate surface area is 140 Å². The molecule has 0 unspecified atom stereocenters. The van der Waals surface area contributed by atoms with E-state index in [4.69, 9.17) is 0 Å². The number of carbonyl (C=O) groups is 2. The van der Waals surface area contributed by atoms with Crippen LogP contribution in [0.2, 0.25) is 0 Å². The van der Waals surface area contributed by atoms with Crippen molar-refractivity contribution in [2.24, 2.45) is 5.92 Å². The first-order chi connectivity index (χ1) is 11.6. The highest BCUT2D eigenvalue weighted by Crippen LogP contribution is 2.26. The van der Waals surface area contributed by atoms with Gasteiger partial charge in [-0.1, -0.05) is 36.8 Å². The number of benzene rings is 1. The number of hydrogen-bond donors (Lipinski definition) is 2. The van der Waals surface area contributed by atoms with Crippen LogP contribution in [0, 0.1) is 12.8 Å². The van der Waals surface area contributed by atoms with Crippen LogP contribution in [0.15, 0.2) is 36.5 Å². The Morgan fingerprint density at radius 3 is 2.75 bits per heavy atom. The molecular formula is C18H21N3O3. The zero-order chi connectivity index (χ0) is 17.1. The second-order valence-corrected chi connectivity index (χ2v) is 6.24. The average Bonchev–Trinajstić information content (AvgIpc) is 3.16. The van der Waals surface area contributed by atoms with Crippen LogP contribution in [0.5, 0.6) is 0 Å². The van der Waals surface area contributed by atoms with Gasteiger partial charge in [-0.05, 0) is 25.3 Å². The number of nitrogens with zero attached hydrogens (tertiary/aromatic N) is 2. The van der Waals surface area contributed by atoms with Gasteiger partial charge in [-0.15, -0.1) is 0 Å². The third-order valence-corrected chi connectivity index (χ3v) is 4.67. The molecule has 1 aliphatic rings. The quantitative estimate of drug-likeness (QED) is 0.882. The fourth-order valence-corrected chi connectivity index (χ4v) is 3.26. The van der Waals surface area contributed by atoms with E-state index in [1.54, 1.807) is 10.9 Å². The van der Waals surface area contributed by atoms with Gasteiger partial charge in [-0.2, -0.15) is 5.10 Å². The molecule has 1 saturated carbocycles. The molecule has 0 radical (unpaired) electrons. The molecule has 0 aliphatic heterocycles. The van der Waals surface area contributed by atoms with Crippen molar-refractivity contribution in [2.45, 2.75) is 38.8 Å². The number of rotatable bonds is 5. The van der Waals surface area contributed by atoms with Crippen molar-refractivity contribution in [2.75, 3.05) is 0 Å². The zero-order valence-electron chi connectivity index (χ0n) is 13.6. The first-order valence-corrected chi connectivity index (χ1v) is 8.16. The van der Waals surface area contributed by atoms with Gasteiger partial charge in [0.2, 0.25) is 0 Å². The maximum absolute atomic E-state index is 12.5. The van der Waals surface area contributed by atoms with Crippen LogP contribution in [-0.2, 0) is 11.3 Å². The summed E-state index contributed by atoms with van der Waals surface area (Å²) in [6, 6.07) is 9.61. The highest BCUT2D eigenvalue weighted by molar-refractivity contribution is 5.95. The monoisotopic (exact) mass is 327 g/mol. The molecule has 0 spiro atoms. The molecule has 1 aromatic heterocycles. The summed E-state index contributed by atoms with van der Waals surface area (Å²) < 4.78 is 1.79. The molecule has 1 heterocycles. The van der Waals surface area contributed by atoms with Gasteiger partial charge in [0.25, 0.3) is 5.91 Å². The first kappa shape index (κ1) is 16.2. The van der Waals surface area contributed by atoms with Gasteiger partial charge >= 0.3 is 5.97 Å². The number of carboxylic acids is 1. The molecule has 126 valence electrons. The molecule has 1 fully saturated rings. The molecule has 2 aromatic rings. The van der Waals surface area contributed by atoms with E-state index < -0.39 is 11.9 Å². The van der Waals surface area contributed by atoms with Crippen LogP contribution < -0.4 is 5.32 Å². The molecule has 24 heavy (non-hydrogen) atoms. The van der Waals surface area contributed by atoms with Crippen LogP contribution in [-0.4, -0.2) is 32.8 Å². The molecule has 0 bridgehead atoms. The number of carbonyl (C=O) groups excluding carboxylic acids is 1. The number of hydrogen-bond acceptors (Lipinski definition) is 3. The summed E-state index contributed by atoms with van der Waals surface area (Å²) in [5, 5.41) is 16.4. The van der Waals surface area contributed by atoms with E-state index in [1.807, 2.05) is 37.3 Å². The van der Waals surface area contributed by atoms with E-state index in [2.05, 4.69) is 10.4 Å². The minimum Gasteiger partial charge on any atom is -0.481 e. The van der Waals surface area contributed by atoms with E-state index in [9.17, 15) is 14.7 Å². The van der Waals surface area contributed by atoms with Crippen LogP contribution in [0.25, 0.3) is 0 Å². The second kappa shape index (κ2) is 6.86. The van der Waals surface area contributed by atoms with Gasteiger partial charge in [0.1, 0.15) is 0 Å². The SMILES string of the molecule is Cc1c(C(=O)N[C@@H]2CCC[C@@H]2C(=O)O)cnn1Cc1ccccc1. The van der Waals surface area contributed by atoms with Crippen molar-refractivity contribution >= 4 is 11.9 Å². The summed E-state index contributed by atoms with van der Waals surface area (Å²) in [6.45, 7) is 2.45. The van der Waals surface area contributed by atoms with Crippen molar-refractivity contribution in [1.82, 2.24) is 15.1 Å². The van der Waals surface area contributed by atoms with E-state index in [1.165, 1.54) is 0 Å². The van der Waals surface area contributed by atoms with E-state index in [0.717, 1.165) is 17.7 Å². The predicted octanol–water partition coefficient (Wildman–Crippen LogP) is 2.22. The Morgan fingerprint density at radius 1 is 1.29 bits per heavy atom. The zero-order valence-corrected chi connectivity index (χ0v) is 13.6. The third kappa shape index (κ3) is 3.32. The number of amides is 1. The lowest BCUT2D eigenvalue weighted by atomic mass is 10.0. The Hall–Kier alpha value is -2.63. The number of aliphatic carboxylic acids is 1. The maximum Gasteiger partial charge on any atom is 0.308 e. The summed E-state index contributed by atoms with van der Waals surface area (Å²) >= 11 is 0. The van der Waals surface area contributed by atoms with Gasteiger partial charge in [-0.25, -0.2) is 0 Å². The Kier molecular flexibility index (Phi) is 4.64. The smallest absolute Gasteiger partial charge is 0.308 e. The molecule has 2 atom stereocenters. The van der Waals surface area contributed by atoms with Gasteiger partial charge in [-0.3, -0.25) is 14.3 Å². The highest BCUT2D eigenvalue weighted by atomic mass is 16.4. The standard InChI is InChI=1S/C18H21N3O3/c1-12-15(10-19-21(12)11-13-6-3-2-4-7-13)17(22)20-16-9-5-8-14(16)18(23)24/h2-4,6-7,10,14,16H,5,8-9,11H2,1H3,(H,20,22)(H,23,24)/t14-,16+/m0/s1. The van der Waals surface area contributed by atoms with Crippen LogP contribution >= 0.6 is 0 Å². The summed E-state index contributed by atoms with van der Waals surface area (Å²) in [5.41, 5.74) is 2.39. The van der Waals surface area contributed by atoms with Crippen molar-refractivity contribution in [3.63, 3.8) is 0 Å². The molecular weight excluding hydrogens is 306 g/mol. The fourth-order valence-electron chi connectivity index (χ4n) is 3.26. The van der Waals surface area contributed by atoms with Gasteiger partial charge in [0, 0.05) is 11.7 Å². The largest absolute Gasteiger partial charge is 0.481 e. The molecule has 6 heteroatoms. The molecule has 1 aromatic carbocycles. The van der Waals surface area contributed by atoms with Crippen molar-refractivity contribution in [1.29, 1.82) is 0 Å². The van der Waals surface area contributed by atoms with E-state index in [0.29, 0.717) is 24.9 Å². The Morgan fingerprint density at radius 2 is 2.04 bits per heavy atom. The van der Waals surface area contributed by atoms with Crippen LogP contribution in [0.3, 0.4) is 0 Å². The number of aromatic nitrogens is 2. The van der Waals surface area contributed by atoms with E-state index >= 15 is 0 Å². The topological polar surface area (TPSA) is 84.2 Å². The second-order valence-electron chi connectivity index (χ2n) is 6.24.